The number of hydrogen-bond acceptors (Lipinski definition) is 4. The number of aliphatic carboxylic acids is 1. The van der Waals surface area contributed by atoms with Crippen molar-refractivity contribution in [3.05, 3.63) is 95.6 Å². The van der Waals surface area contributed by atoms with Crippen LogP contribution < -0.4 is 5.32 Å². The Balaban J connectivity index is 1.69. The molecular formula is C23H21NO3S. The molecule has 3 aromatic rings. The zero-order chi connectivity index (χ0) is 19.9. The summed E-state index contributed by atoms with van der Waals surface area (Å²) in [4.78, 5) is 25.3. The van der Waals surface area contributed by atoms with Gasteiger partial charge in [0.2, 0.25) is 0 Å². The number of carbonyl (C=O) groups is 2. The van der Waals surface area contributed by atoms with Gasteiger partial charge >= 0.3 is 5.97 Å². The summed E-state index contributed by atoms with van der Waals surface area (Å²) < 4.78 is 0. The van der Waals surface area contributed by atoms with Gasteiger partial charge in [0.15, 0.2) is 5.78 Å². The van der Waals surface area contributed by atoms with Crippen LogP contribution in [0.5, 0.6) is 0 Å². The van der Waals surface area contributed by atoms with Crippen LogP contribution >= 0.6 is 11.8 Å². The van der Waals surface area contributed by atoms with Crippen molar-refractivity contribution in [2.45, 2.75) is 17.4 Å². The zero-order valence-electron chi connectivity index (χ0n) is 15.5. The van der Waals surface area contributed by atoms with Crippen molar-refractivity contribution >= 4 is 29.2 Å². The lowest BCUT2D eigenvalue weighted by molar-refractivity contribution is -0.137. The molecule has 0 aliphatic rings. The van der Waals surface area contributed by atoms with E-state index in [-0.39, 0.29) is 5.78 Å². The molecule has 0 radical (unpaired) electrons. The largest absolute Gasteiger partial charge is 0.480 e. The zero-order valence-corrected chi connectivity index (χ0v) is 16.3. The molecule has 0 fully saturated rings. The summed E-state index contributed by atoms with van der Waals surface area (Å²) in [6.07, 6.45) is 2.31. The molecule has 3 rings (SSSR count). The molecular weight excluding hydrogens is 370 g/mol. The van der Waals surface area contributed by atoms with E-state index in [2.05, 4.69) is 5.32 Å². The summed E-state index contributed by atoms with van der Waals surface area (Å²) in [6, 6.07) is 23.1. The summed E-state index contributed by atoms with van der Waals surface area (Å²) >= 11 is 1.64. The number of rotatable bonds is 8. The second-order valence-electron chi connectivity index (χ2n) is 6.36. The quantitative estimate of drug-likeness (QED) is 0.429. The second kappa shape index (κ2) is 9.24. The number of hydrogen-bond donors (Lipinski definition) is 2. The third-order valence-corrected chi connectivity index (χ3v) is 5.16. The molecule has 0 amide bonds. The van der Waals surface area contributed by atoms with E-state index in [1.54, 1.807) is 36.0 Å². The van der Waals surface area contributed by atoms with Crippen molar-refractivity contribution < 1.29 is 14.7 Å². The van der Waals surface area contributed by atoms with Crippen LogP contribution in [0.3, 0.4) is 0 Å². The first kappa shape index (κ1) is 19.7. The number of anilines is 1. The second-order valence-corrected chi connectivity index (χ2v) is 7.24. The lowest BCUT2D eigenvalue weighted by Crippen LogP contribution is -2.31. The van der Waals surface area contributed by atoms with Crippen molar-refractivity contribution in [2.75, 3.05) is 11.6 Å². The summed E-state index contributed by atoms with van der Waals surface area (Å²) in [5.74, 6) is -0.965. The first-order valence-electron chi connectivity index (χ1n) is 8.89. The fourth-order valence-corrected chi connectivity index (χ4v) is 3.28. The number of carboxylic acids is 1. The number of carbonyl (C=O) groups excluding carboxylic acids is 1. The Morgan fingerprint density at radius 2 is 1.50 bits per heavy atom. The van der Waals surface area contributed by atoms with Gasteiger partial charge in [0.05, 0.1) is 0 Å². The topological polar surface area (TPSA) is 66.4 Å². The summed E-state index contributed by atoms with van der Waals surface area (Å²) in [5.41, 5.74) is 2.84. The molecule has 0 saturated carbocycles. The fraction of sp³-hybridized carbons (Fsp3) is 0.130. The van der Waals surface area contributed by atoms with E-state index in [1.165, 1.54) is 0 Å². The first-order valence-corrected chi connectivity index (χ1v) is 10.1. The van der Waals surface area contributed by atoms with Crippen LogP contribution in [0.2, 0.25) is 0 Å². The molecule has 0 aromatic heterocycles. The van der Waals surface area contributed by atoms with Crippen LogP contribution in [-0.4, -0.2) is 29.2 Å². The normalized spacial score (nSPS) is 11.6. The highest BCUT2D eigenvalue weighted by molar-refractivity contribution is 7.98. The van der Waals surface area contributed by atoms with Gasteiger partial charge in [-0.3, -0.25) is 4.79 Å². The summed E-state index contributed by atoms with van der Waals surface area (Å²) in [6.45, 7) is 0. The molecule has 0 heterocycles. The molecule has 0 aliphatic carbocycles. The predicted molar refractivity (Wildman–Crippen MR) is 113 cm³/mol. The van der Waals surface area contributed by atoms with Crippen molar-refractivity contribution in [3.63, 3.8) is 0 Å². The van der Waals surface area contributed by atoms with Gasteiger partial charge in [-0.2, -0.15) is 0 Å². The molecule has 2 N–H and O–H groups in total. The standard InChI is InChI=1S/C23H21NO3S/c1-28-20-13-11-19(12-14-20)24-21(23(26)27)15-16-7-9-18(10-8-16)22(25)17-5-3-2-4-6-17/h2-14,21,24H,15H2,1H3,(H,26,27). The molecule has 4 nitrogen and oxygen atoms in total. The van der Waals surface area contributed by atoms with Crippen molar-refractivity contribution in [3.8, 4) is 0 Å². The Kier molecular flexibility index (Phi) is 6.50. The third-order valence-electron chi connectivity index (χ3n) is 4.42. The van der Waals surface area contributed by atoms with E-state index in [4.69, 9.17) is 0 Å². The summed E-state index contributed by atoms with van der Waals surface area (Å²) in [7, 11) is 0. The maximum atomic E-state index is 12.5. The van der Waals surface area contributed by atoms with Gasteiger partial charge in [-0.25, -0.2) is 4.79 Å². The van der Waals surface area contributed by atoms with Crippen LogP contribution in [0.4, 0.5) is 5.69 Å². The highest BCUT2D eigenvalue weighted by Crippen LogP contribution is 2.19. The van der Waals surface area contributed by atoms with Gasteiger partial charge in [0.25, 0.3) is 0 Å². The van der Waals surface area contributed by atoms with Crippen molar-refractivity contribution in [2.24, 2.45) is 0 Å². The SMILES string of the molecule is CSc1ccc(NC(Cc2ccc(C(=O)c3ccccc3)cc2)C(=O)O)cc1. The smallest absolute Gasteiger partial charge is 0.326 e. The molecule has 142 valence electrons. The van der Waals surface area contributed by atoms with Gasteiger partial charge in [-0.1, -0.05) is 54.6 Å². The van der Waals surface area contributed by atoms with E-state index in [1.807, 2.05) is 60.9 Å². The minimum atomic E-state index is -0.918. The molecule has 28 heavy (non-hydrogen) atoms. The predicted octanol–water partition coefficient (Wildman–Crippen LogP) is 4.75. The Morgan fingerprint density at radius 3 is 2.07 bits per heavy atom. The van der Waals surface area contributed by atoms with E-state index < -0.39 is 12.0 Å². The molecule has 3 aromatic carbocycles. The van der Waals surface area contributed by atoms with Crippen LogP contribution in [0, 0.1) is 0 Å². The Morgan fingerprint density at radius 1 is 0.893 bits per heavy atom. The molecule has 0 aliphatic heterocycles. The Labute approximate surface area is 168 Å². The molecule has 0 saturated heterocycles. The first-order chi connectivity index (χ1) is 13.6. The van der Waals surface area contributed by atoms with Crippen LogP contribution in [0.1, 0.15) is 21.5 Å². The van der Waals surface area contributed by atoms with E-state index >= 15 is 0 Å². The van der Waals surface area contributed by atoms with Crippen molar-refractivity contribution in [1.29, 1.82) is 0 Å². The van der Waals surface area contributed by atoms with Crippen molar-refractivity contribution in [1.82, 2.24) is 0 Å². The molecule has 0 bridgehead atoms. The maximum Gasteiger partial charge on any atom is 0.326 e. The highest BCUT2D eigenvalue weighted by Gasteiger charge is 2.18. The third kappa shape index (κ3) is 5.02. The van der Waals surface area contributed by atoms with Gasteiger partial charge < -0.3 is 10.4 Å². The highest BCUT2D eigenvalue weighted by atomic mass is 32.2. The Bertz CT molecular complexity index is 938. The van der Waals surface area contributed by atoms with E-state index in [0.717, 1.165) is 16.1 Å². The minimum absolute atomic E-state index is 0.0473. The van der Waals surface area contributed by atoms with Crippen LogP contribution in [-0.2, 0) is 11.2 Å². The lowest BCUT2D eigenvalue weighted by Gasteiger charge is -2.16. The summed E-state index contributed by atoms with van der Waals surface area (Å²) in [5, 5.41) is 12.6. The Hall–Kier alpha value is -3.05. The number of nitrogens with one attached hydrogen (secondary N) is 1. The van der Waals surface area contributed by atoms with E-state index in [0.29, 0.717) is 17.5 Å². The van der Waals surface area contributed by atoms with E-state index in [9.17, 15) is 14.7 Å². The molecule has 0 spiro atoms. The average Bonchev–Trinajstić information content (AvgIpc) is 2.74. The fourth-order valence-electron chi connectivity index (χ4n) is 2.87. The average molecular weight is 391 g/mol. The number of ketones is 1. The minimum Gasteiger partial charge on any atom is -0.480 e. The van der Waals surface area contributed by atoms with Crippen LogP contribution in [0.25, 0.3) is 0 Å². The van der Waals surface area contributed by atoms with Crippen LogP contribution in [0.15, 0.2) is 83.8 Å². The monoisotopic (exact) mass is 391 g/mol. The number of benzene rings is 3. The lowest BCUT2D eigenvalue weighted by atomic mass is 9.99. The van der Waals surface area contributed by atoms with Gasteiger partial charge in [0.1, 0.15) is 6.04 Å². The maximum absolute atomic E-state index is 12.5. The molecule has 5 heteroatoms. The van der Waals surface area contributed by atoms with Gasteiger partial charge in [-0.15, -0.1) is 11.8 Å². The number of carboxylic acid groups (broad SMARTS) is 1. The number of thioether (sulfide) groups is 1. The molecule has 1 unspecified atom stereocenters. The van der Waals surface area contributed by atoms with Gasteiger partial charge in [0, 0.05) is 28.1 Å². The van der Waals surface area contributed by atoms with Gasteiger partial charge in [-0.05, 0) is 36.1 Å². The molecule has 1 atom stereocenters.